The van der Waals surface area contributed by atoms with E-state index >= 15 is 0 Å². The molecule has 0 aromatic heterocycles. The van der Waals surface area contributed by atoms with Gasteiger partial charge in [0.1, 0.15) is 5.25 Å². The van der Waals surface area contributed by atoms with Crippen LogP contribution in [0.5, 0.6) is 0 Å². The molecule has 2 rings (SSSR count). The predicted molar refractivity (Wildman–Crippen MR) is 71.3 cm³/mol. The Hall–Kier alpha value is -1.36. The van der Waals surface area contributed by atoms with Crippen LogP contribution in [0.1, 0.15) is 16.4 Å². The summed E-state index contributed by atoms with van der Waals surface area (Å²) in [5, 5.41) is -0.572. The third-order valence-corrected chi connectivity index (χ3v) is 3.96. The molecule has 0 bridgehead atoms. The molecule has 0 radical (unpaired) electrons. The molecule has 18 heavy (non-hydrogen) atoms. The quantitative estimate of drug-likeness (QED) is 0.879. The van der Waals surface area contributed by atoms with Gasteiger partial charge in [-0.05, 0) is 23.3 Å². The lowest BCUT2D eigenvalue weighted by Crippen LogP contribution is -2.13. The van der Waals surface area contributed by atoms with Crippen LogP contribution in [-0.2, 0) is 10.1 Å². The fourth-order valence-electron chi connectivity index (χ4n) is 1.80. The smallest absolute Gasteiger partial charge is 0.276 e. The van der Waals surface area contributed by atoms with Gasteiger partial charge in [0.25, 0.3) is 10.1 Å². The van der Waals surface area contributed by atoms with E-state index in [0.717, 1.165) is 0 Å². The molecule has 2 aromatic carbocycles. The molecule has 0 aliphatic heterocycles. The maximum atomic E-state index is 11.5. The molecule has 0 saturated carbocycles. The molecular weight excluding hydrogens is 272 g/mol. The van der Waals surface area contributed by atoms with Crippen LogP contribution in [0.15, 0.2) is 54.6 Å². The van der Waals surface area contributed by atoms with Crippen molar-refractivity contribution in [2.24, 2.45) is 0 Å². The van der Waals surface area contributed by atoms with E-state index in [1.165, 1.54) is 0 Å². The first-order valence-electron chi connectivity index (χ1n) is 5.25. The predicted octanol–water partition coefficient (Wildman–Crippen LogP) is 3.32. The van der Waals surface area contributed by atoms with Crippen molar-refractivity contribution in [1.82, 2.24) is 0 Å². The Morgan fingerprint density at radius 1 is 0.889 bits per heavy atom. The molecule has 2 aromatic rings. The zero-order chi connectivity index (χ0) is 13.2. The molecule has 0 spiro atoms. The van der Waals surface area contributed by atoms with Gasteiger partial charge >= 0.3 is 0 Å². The maximum absolute atomic E-state index is 11.5. The van der Waals surface area contributed by atoms with Crippen molar-refractivity contribution in [3.05, 3.63) is 70.7 Å². The van der Waals surface area contributed by atoms with Crippen LogP contribution < -0.4 is 0 Å². The topological polar surface area (TPSA) is 54.4 Å². The van der Waals surface area contributed by atoms with E-state index in [2.05, 4.69) is 0 Å². The Labute approximate surface area is 111 Å². The molecule has 5 heteroatoms. The Balaban J connectivity index is 2.55. The molecule has 1 atom stereocenters. The Bertz CT molecular complexity index is 621. The molecule has 0 fully saturated rings. The minimum Gasteiger partial charge on any atom is -0.285 e. The first kappa shape index (κ1) is 13.1. The van der Waals surface area contributed by atoms with Crippen LogP contribution in [0.3, 0.4) is 0 Å². The lowest BCUT2D eigenvalue weighted by Gasteiger charge is -2.14. The molecular formula is C13H11ClO3S. The van der Waals surface area contributed by atoms with Crippen LogP contribution in [0, 0.1) is 0 Å². The van der Waals surface area contributed by atoms with Gasteiger partial charge in [0.05, 0.1) is 0 Å². The average molecular weight is 283 g/mol. The van der Waals surface area contributed by atoms with Gasteiger partial charge < -0.3 is 0 Å². The monoisotopic (exact) mass is 282 g/mol. The van der Waals surface area contributed by atoms with E-state index in [1.54, 1.807) is 54.6 Å². The molecule has 0 heterocycles. The average Bonchev–Trinajstić information content (AvgIpc) is 2.32. The second-order valence-corrected chi connectivity index (χ2v) is 5.80. The maximum Gasteiger partial charge on any atom is 0.276 e. The van der Waals surface area contributed by atoms with Gasteiger partial charge in [-0.25, -0.2) is 0 Å². The molecule has 0 saturated heterocycles. The molecule has 3 nitrogen and oxygen atoms in total. The highest BCUT2D eigenvalue weighted by atomic mass is 35.5. The van der Waals surface area contributed by atoms with Crippen molar-refractivity contribution >= 4 is 21.7 Å². The Kier molecular flexibility index (Phi) is 3.71. The van der Waals surface area contributed by atoms with Crippen LogP contribution in [0.25, 0.3) is 0 Å². The van der Waals surface area contributed by atoms with Gasteiger partial charge in [-0.2, -0.15) is 8.42 Å². The third-order valence-electron chi connectivity index (χ3n) is 2.57. The zero-order valence-electron chi connectivity index (χ0n) is 9.32. The zero-order valence-corrected chi connectivity index (χ0v) is 10.9. The van der Waals surface area contributed by atoms with Gasteiger partial charge in [-0.15, -0.1) is 0 Å². The minimum absolute atomic E-state index is 0.480. The van der Waals surface area contributed by atoms with E-state index in [1.807, 2.05) is 0 Å². The summed E-state index contributed by atoms with van der Waals surface area (Å²) < 4.78 is 32.5. The highest BCUT2D eigenvalue weighted by molar-refractivity contribution is 7.86. The summed E-state index contributed by atoms with van der Waals surface area (Å²) in [6.07, 6.45) is 0. The second-order valence-electron chi connectivity index (χ2n) is 3.86. The highest BCUT2D eigenvalue weighted by Crippen LogP contribution is 2.30. The van der Waals surface area contributed by atoms with Gasteiger partial charge in [0.15, 0.2) is 0 Å². The van der Waals surface area contributed by atoms with Crippen LogP contribution in [0.4, 0.5) is 0 Å². The molecule has 0 amide bonds. The second kappa shape index (κ2) is 5.10. The van der Waals surface area contributed by atoms with Crippen molar-refractivity contribution in [3.63, 3.8) is 0 Å². The van der Waals surface area contributed by atoms with Gasteiger partial charge in [-0.3, -0.25) is 4.55 Å². The first-order chi connectivity index (χ1) is 8.48. The van der Waals surface area contributed by atoms with E-state index in [0.29, 0.717) is 16.1 Å². The van der Waals surface area contributed by atoms with Gasteiger partial charge in [0.2, 0.25) is 0 Å². The highest BCUT2D eigenvalue weighted by Gasteiger charge is 2.26. The summed E-state index contributed by atoms with van der Waals surface area (Å²) in [5.74, 6) is 0. The fraction of sp³-hybridized carbons (Fsp3) is 0.0769. The van der Waals surface area contributed by atoms with E-state index in [9.17, 15) is 13.0 Å². The third kappa shape index (κ3) is 2.90. The van der Waals surface area contributed by atoms with Crippen molar-refractivity contribution in [3.8, 4) is 0 Å². The number of rotatable bonds is 3. The van der Waals surface area contributed by atoms with E-state index in [-0.39, 0.29) is 0 Å². The molecule has 1 N–H and O–H groups in total. The van der Waals surface area contributed by atoms with Crippen molar-refractivity contribution in [2.45, 2.75) is 5.25 Å². The van der Waals surface area contributed by atoms with Crippen LogP contribution in [-0.4, -0.2) is 13.0 Å². The number of halogens is 1. The normalized spacial score (nSPS) is 13.2. The summed E-state index contributed by atoms with van der Waals surface area (Å²) in [5.41, 5.74) is 0.996. The van der Waals surface area contributed by atoms with Crippen molar-refractivity contribution in [1.29, 1.82) is 0 Å². The molecule has 0 aliphatic carbocycles. The summed E-state index contributed by atoms with van der Waals surface area (Å²) in [7, 11) is -4.23. The fourth-order valence-corrected chi connectivity index (χ4v) is 2.93. The van der Waals surface area contributed by atoms with Crippen molar-refractivity contribution in [2.75, 3.05) is 0 Å². The number of hydrogen-bond donors (Lipinski definition) is 1. The number of hydrogen-bond acceptors (Lipinski definition) is 2. The largest absolute Gasteiger partial charge is 0.285 e. The SMILES string of the molecule is O=S(=O)(O)C(c1ccccc1)c1ccc(Cl)cc1. The summed E-state index contributed by atoms with van der Waals surface area (Å²) in [4.78, 5) is 0. The number of benzene rings is 2. The van der Waals surface area contributed by atoms with Crippen LogP contribution in [0.2, 0.25) is 5.02 Å². The van der Waals surface area contributed by atoms with Crippen LogP contribution >= 0.6 is 11.6 Å². The van der Waals surface area contributed by atoms with Crippen molar-refractivity contribution < 1.29 is 13.0 Å². The molecule has 94 valence electrons. The minimum atomic E-state index is -4.23. The van der Waals surface area contributed by atoms with E-state index < -0.39 is 15.4 Å². The Morgan fingerprint density at radius 2 is 1.39 bits per heavy atom. The standard InChI is InChI=1S/C13H11ClO3S/c14-12-8-6-11(7-9-12)13(18(15,16)17)10-4-2-1-3-5-10/h1-9,13H,(H,15,16,17). The van der Waals surface area contributed by atoms with E-state index in [4.69, 9.17) is 11.6 Å². The van der Waals surface area contributed by atoms with Gasteiger partial charge in [-0.1, -0.05) is 54.1 Å². The summed E-state index contributed by atoms with van der Waals surface area (Å²) >= 11 is 5.76. The summed E-state index contributed by atoms with van der Waals surface area (Å²) in [6.45, 7) is 0. The lowest BCUT2D eigenvalue weighted by molar-refractivity contribution is 0.475. The van der Waals surface area contributed by atoms with Gasteiger partial charge in [0, 0.05) is 5.02 Å². The summed E-state index contributed by atoms with van der Waals surface area (Å²) in [6, 6.07) is 14.9. The first-order valence-corrected chi connectivity index (χ1v) is 7.13. The molecule has 1 unspecified atom stereocenters. The Morgan fingerprint density at radius 3 is 1.89 bits per heavy atom. The lowest BCUT2D eigenvalue weighted by atomic mass is 10.0. The molecule has 0 aliphatic rings.